The number of hydrogen-bond acceptors (Lipinski definition) is 4. The lowest BCUT2D eigenvalue weighted by Gasteiger charge is -2.37. The quantitative estimate of drug-likeness (QED) is 0.738. The molecular weight excluding hydrogens is 413 g/mol. The molecule has 0 spiro atoms. The minimum atomic E-state index is -0.378. The van der Waals surface area contributed by atoms with E-state index in [1.54, 1.807) is 23.1 Å². The topological polar surface area (TPSA) is 43.9 Å². The van der Waals surface area contributed by atoms with Gasteiger partial charge >= 0.3 is 0 Å². The number of halogens is 2. The average molecular weight is 436 g/mol. The number of rotatable bonds is 4. The fourth-order valence-corrected chi connectivity index (χ4v) is 4.95. The molecule has 8 heteroatoms. The molecule has 2 aromatic rings. The highest BCUT2D eigenvalue weighted by Crippen LogP contribution is 2.25. The monoisotopic (exact) mass is 435 g/mol. The van der Waals surface area contributed by atoms with Gasteiger partial charge < -0.3 is 9.80 Å². The van der Waals surface area contributed by atoms with Crippen LogP contribution in [0.25, 0.3) is 0 Å². The van der Waals surface area contributed by atoms with Crippen LogP contribution in [0.1, 0.15) is 28.1 Å². The van der Waals surface area contributed by atoms with Crippen LogP contribution < -0.4 is 0 Å². The molecule has 2 amide bonds. The van der Waals surface area contributed by atoms with Gasteiger partial charge in [-0.15, -0.1) is 11.3 Å². The van der Waals surface area contributed by atoms with E-state index in [-0.39, 0.29) is 23.7 Å². The van der Waals surface area contributed by atoms with Crippen LogP contribution in [0.4, 0.5) is 4.39 Å². The number of benzene rings is 1. The van der Waals surface area contributed by atoms with Gasteiger partial charge in [-0.1, -0.05) is 23.7 Å². The summed E-state index contributed by atoms with van der Waals surface area (Å²) in [6.45, 7) is 3.51. The summed E-state index contributed by atoms with van der Waals surface area (Å²) in [7, 11) is 0. The van der Waals surface area contributed by atoms with Crippen LogP contribution >= 0.6 is 22.9 Å². The number of likely N-dealkylation sites (tertiary alicyclic amines) is 1. The second-order valence-electron chi connectivity index (χ2n) is 7.44. The molecule has 4 rings (SSSR count). The SMILES string of the molecule is O=C([C@@H]1CCCN1C(=O)c1cccs1)N1CCN(Cc2c(F)cccc2Cl)CC1. The summed E-state index contributed by atoms with van der Waals surface area (Å²) >= 11 is 7.54. The van der Waals surface area contributed by atoms with Crippen molar-refractivity contribution >= 4 is 34.8 Å². The van der Waals surface area contributed by atoms with E-state index in [0.29, 0.717) is 61.2 Å². The van der Waals surface area contributed by atoms with Gasteiger partial charge in [0, 0.05) is 49.9 Å². The van der Waals surface area contributed by atoms with Crippen molar-refractivity contribution in [2.45, 2.75) is 25.4 Å². The Morgan fingerprint density at radius 1 is 1.10 bits per heavy atom. The molecule has 1 aromatic heterocycles. The Hall–Kier alpha value is -1.96. The molecule has 2 fully saturated rings. The normalized spacial score (nSPS) is 20.3. The molecule has 0 radical (unpaired) electrons. The zero-order valence-electron chi connectivity index (χ0n) is 16.0. The maximum Gasteiger partial charge on any atom is 0.264 e. The van der Waals surface area contributed by atoms with Gasteiger partial charge in [0.05, 0.1) is 4.88 Å². The van der Waals surface area contributed by atoms with Crippen molar-refractivity contribution in [1.82, 2.24) is 14.7 Å². The molecule has 3 heterocycles. The molecule has 2 aliphatic heterocycles. The maximum absolute atomic E-state index is 14.0. The second kappa shape index (κ2) is 8.81. The molecule has 0 bridgehead atoms. The predicted octanol–water partition coefficient (Wildman–Crippen LogP) is 3.49. The number of nitrogens with zero attached hydrogens (tertiary/aromatic N) is 3. The highest BCUT2D eigenvalue weighted by atomic mass is 35.5. The zero-order chi connectivity index (χ0) is 20.4. The van der Waals surface area contributed by atoms with E-state index in [4.69, 9.17) is 11.6 Å². The second-order valence-corrected chi connectivity index (χ2v) is 8.79. The largest absolute Gasteiger partial charge is 0.338 e. The van der Waals surface area contributed by atoms with Gasteiger partial charge in [-0.2, -0.15) is 0 Å². The van der Waals surface area contributed by atoms with E-state index in [9.17, 15) is 14.0 Å². The van der Waals surface area contributed by atoms with Gasteiger partial charge in [0.1, 0.15) is 11.9 Å². The summed E-state index contributed by atoms with van der Waals surface area (Å²) in [5, 5.41) is 2.30. The molecule has 2 aliphatic rings. The Kier molecular flexibility index (Phi) is 6.18. The van der Waals surface area contributed by atoms with Crippen molar-refractivity contribution in [3.05, 3.63) is 57.0 Å². The molecule has 0 N–H and O–H groups in total. The van der Waals surface area contributed by atoms with E-state index >= 15 is 0 Å². The highest BCUT2D eigenvalue weighted by molar-refractivity contribution is 7.12. The highest BCUT2D eigenvalue weighted by Gasteiger charge is 2.38. The fourth-order valence-electron chi connectivity index (χ4n) is 4.05. The first kappa shape index (κ1) is 20.3. The summed E-state index contributed by atoms with van der Waals surface area (Å²) < 4.78 is 14.0. The molecule has 0 saturated carbocycles. The Labute approximate surface area is 178 Å². The summed E-state index contributed by atoms with van der Waals surface area (Å²) in [5.74, 6) is -0.329. The Balaban J connectivity index is 1.36. The lowest BCUT2D eigenvalue weighted by atomic mass is 10.1. The fraction of sp³-hybridized carbons (Fsp3) is 0.429. The first-order chi connectivity index (χ1) is 14.0. The van der Waals surface area contributed by atoms with Gasteiger partial charge in [0.2, 0.25) is 5.91 Å². The predicted molar refractivity (Wildman–Crippen MR) is 112 cm³/mol. The third-order valence-electron chi connectivity index (χ3n) is 5.66. The van der Waals surface area contributed by atoms with E-state index < -0.39 is 0 Å². The Morgan fingerprint density at radius 2 is 1.90 bits per heavy atom. The van der Waals surface area contributed by atoms with Crippen LogP contribution in [0.15, 0.2) is 35.7 Å². The van der Waals surface area contributed by atoms with Crippen LogP contribution in [0.3, 0.4) is 0 Å². The van der Waals surface area contributed by atoms with Crippen molar-refractivity contribution < 1.29 is 14.0 Å². The van der Waals surface area contributed by atoms with E-state index in [0.717, 1.165) is 6.42 Å². The summed E-state index contributed by atoms with van der Waals surface area (Å²) in [5.41, 5.74) is 0.498. The Morgan fingerprint density at radius 3 is 2.59 bits per heavy atom. The summed E-state index contributed by atoms with van der Waals surface area (Å²) in [4.78, 5) is 32.2. The Bertz CT molecular complexity index is 864. The number of carbonyl (C=O) groups is 2. The molecule has 29 heavy (non-hydrogen) atoms. The van der Waals surface area contributed by atoms with Crippen molar-refractivity contribution in [2.24, 2.45) is 0 Å². The smallest absolute Gasteiger partial charge is 0.264 e. The number of amides is 2. The number of piperazine rings is 1. The molecular formula is C21H23ClFN3O2S. The van der Waals surface area contributed by atoms with E-state index in [1.165, 1.54) is 17.4 Å². The first-order valence-corrected chi connectivity index (χ1v) is 11.1. The van der Waals surface area contributed by atoms with Gasteiger partial charge in [-0.05, 0) is 36.4 Å². The lowest BCUT2D eigenvalue weighted by molar-refractivity contribution is -0.137. The van der Waals surface area contributed by atoms with Gasteiger partial charge in [-0.25, -0.2) is 4.39 Å². The van der Waals surface area contributed by atoms with Crippen molar-refractivity contribution in [3.8, 4) is 0 Å². The third-order valence-corrected chi connectivity index (χ3v) is 6.87. The van der Waals surface area contributed by atoms with Crippen LogP contribution in [0.5, 0.6) is 0 Å². The number of thiophene rings is 1. The number of carbonyl (C=O) groups excluding carboxylic acids is 2. The number of hydrogen-bond donors (Lipinski definition) is 0. The van der Waals surface area contributed by atoms with Crippen molar-refractivity contribution in [1.29, 1.82) is 0 Å². The van der Waals surface area contributed by atoms with Crippen molar-refractivity contribution in [2.75, 3.05) is 32.7 Å². The summed E-state index contributed by atoms with van der Waals surface area (Å²) in [6.07, 6.45) is 1.56. The average Bonchev–Trinajstić information content (AvgIpc) is 3.42. The first-order valence-electron chi connectivity index (χ1n) is 9.83. The van der Waals surface area contributed by atoms with Gasteiger partial charge in [0.15, 0.2) is 0 Å². The van der Waals surface area contributed by atoms with Crippen LogP contribution in [0.2, 0.25) is 5.02 Å². The molecule has 0 aliphatic carbocycles. The van der Waals surface area contributed by atoms with Crippen LogP contribution in [-0.4, -0.2) is 65.3 Å². The van der Waals surface area contributed by atoms with Crippen LogP contribution in [-0.2, 0) is 11.3 Å². The lowest BCUT2D eigenvalue weighted by Crippen LogP contribution is -2.54. The van der Waals surface area contributed by atoms with Gasteiger partial charge in [0.25, 0.3) is 5.91 Å². The van der Waals surface area contributed by atoms with Crippen LogP contribution in [0, 0.1) is 5.82 Å². The van der Waals surface area contributed by atoms with Gasteiger partial charge in [-0.3, -0.25) is 14.5 Å². The molecule has 1 aromatic carbocycles. The molecule has 2 saturated heterocycles. The summed E-state index contributed by atoms with van der Waals surface area (Å²) in [6, 6.07) is 7.99. The molecule has 154 valence electrons. The minimum absolute atomic E-state index is 0.0241. The maximum atomic E-state index is 14.0. The third kappa shape index (κ3) is 4.32. The minimum Gasteiger partial charge on any atom is -0.338 e. The molecule has 1 atom stereocenters. The molecule has 5 nitrogen and oxygen atoms in total. The van der Waals surface area contributed by atoms with Crippen molar-refractivity contribution in [3.63, 3.8) is 0 Å². The zero-order valence-corrected chi connectivity index (χ0v) is 17.6. The van der Waals surface area contributed by atoms with E-state index in [2.05, 4.69) is 4.90 Å². The van der Waals surface area contributed by atoms with E-state index in [1.807, 2.05) is 16.3 Å². The standard InChI is InChI=1S/C21H23ClFN3O2S/c22-16-4-1-5-17(23)15(16)14-24-9-11-25(12-10-24)20(27)18-6-2-8-26(18)21(28)19-7-3-13-29-19/h1,3-5,7,13,18H,2,6,8-12,14H2/t18-/m0/s1. The molecule has 0 unspecified atom stereocenters.